The molecule has 0 unspecified atom stereocenters. The van der Waals surface area contributed by atoms with Crippen molar-refractivity contribution in [1.29, 1.82) is 0 Å². The summed E-state index contributed by atoms with van der Waals surface area (Å²) >= 11 is 0. The number of likely N-dealkylation sites (tertiary alicyclic amines) is 1. The summed E-state index contributed by atoms with van der Waals surface area (Å²) in [6.45, 7) is 10.1. The molecule has 29 heteroatoms. The first-order valence-electron chi connectivity index (χ1n) is 27.0. The maximum atomic E-state index is 14.6. The van der Waals surface area contributed by atoms with E-state index in [1.165, 1.54) is 33.3 Å². The summed E-state index contributed by atoms with van der Waals surface area (Å²) in [5, 5.41) is 59.4. The molecule has 11 atom stereocenters. The van der Waals surface area contributed by atoms with E-state index >= 15 is 0 Å². The molecule has 10 amide bonds. The van der Waals surface area contributed by atoms with Gasteiger partial charge in [0.15, 0.2) is 0 Å². The van der Waals surface area contributed by atoms with Gasteiger partial charge in [-0.25, -0.2) is 9.78 Å². The van der Waals surface area contributed by atoms with Crippen molar-refractivity contribution in [3.8, 4) is 0 Å². The Morgan fingerprint density at radius 2 is 1.20 bits per heavy atom. The van der Waals surface area contributed by atoms with Crippen LogP contribution in [0.2, 0.25) is 0 Å². The number of amides is 10. The molecule has 1 saturated heterocycles. The van der Waals surface area contributed by atoms with E-state index in [9.17, 15) is 78.0 Å². The van der Waals surface area contributed by atoms with Crippen LogP contribution in [0.1, 0.15) is 105 Å². The first-order chi connectivity index (χ1) is 38.5. The van der Waals surface area contributed by atoms with Crippen LogP contribution in [0.4, 0.5) is 0 Å². The molecule has 454 valence electrons. The number of nitrogens with one attached hydrogen (secondary N) is 9. The van der Waals surface area contributed by atoms with E-state index in [1.807, 2.05) is 0 Å². The number of aliphatic carboxylic acids is 2. The van der Waals surface area contributed by atoms with Gasteiger partial charge in [0.1, 0.15) is 54.4 Å². The van der Waals surface area contributed by atoms with E-state index in [0.717, 1.165) is 10.5 Å². The van der Waals surface area contributed by atoms with E-state index in [4.69, 9.17) is 11.5 Å². The number of imidazole rings is 1. The molecule has 2 aromatic rings. The summed E-state index contributed by atoms with van der Waals surface area (Å²) in [6.07, 6.45) is -0.810. The van der Waals surface area contributed by atoms with Crippen LogP contribution >= 0.6 is 0 Å². The maximum Gasteiger partial charge on any atom is 0.326 e. The third kappa shape index (κ3) is 22.1. The monoisotopic (exact) mass is 1160 g/mol. The number of primary amides is 1. The van der Waals surface area contributed by atoms with Gasteiger partial charge in [0.05, 0.1) is 31.5 Å². The Bertz CT molecular complexity index is 2530. The van der Waals surface area contributed by atoms with Crippen LogP contribution in [0.3, 0.4) is 0 Å². The number of hydrogen-bond acceptors (Lipinski definition) is 16. The Hall–Kier alpha value is -8.05. The average molecular weight is 1160 g/mol. The fraction of sp³-hybridized carbons (Fsp3) is 0.604. The lowest BCUT2D eigenvalue weighted by Gasteiger charge is -2.31. The molecule has 17 N–H and O–H groups in total. The van der Waals surface area contributed by atoms with E-state index < -0.39 is 169 Å². The summed E-state index contributed by atoms with van der Waals surface area (Å²) < 4.78 is 0. The molecule has 0 bridgehead atoms. The SMILES string of the molecule is CC(C)C[C@H](NC(=O)[C@@H](NC(=O)[C@@H](NC(=O)[C@H](CC(N)=O)NC(=O)[C@@H]1CCCN1C(=O)[C@H](Cc1cnc[nH]1)NC(=O)[C@H](CCC(=O)O)NC(=O)[C@H](CO)NC(=O)[C@H](CC(C)C)NC(=O)[C@@H](N)Cc1ccccc1)C(C)C)[C@@H](C)O)C(=O)O. The molecule has 0 spiro atoms. The van der Waals surface area contributed by atoms with Gasteiger partial charge in [-0.05, 0) is 68.8 Å². The molecule has 0 aliphatic carbocycles. The van der Waals surface area contributed by atoms with Crippen molar-refractivity contribution in [2.75, 3.05) is 13.2 Å². The highest BCUT2D eigenvalue weighted by Gasteiger charge is 2.42. The summed E-state index contributed by atoms with van der Waals surface area (Å²) in [6, 6.07) is -6.04. The topological polar surface area (TPSA) is 466 Å². The Morgan fingerprint density at radius 3 is 1.74 bits per heavy atom. The zero-order chi connectivity index (χ0) is 61.5. The van der Waals surface area contributed by atoms with Crippen molar-refractivity contribution >= 4 is 71.0 Å². The first kappa shape index (κ1) is 68.2. The molecule has 3 rings (SSSR count). The van der Waals surface area contributed by atoms with Crippen molar-refractivity contribution in [3.05, 3.63) is 54.1 Å². The largest absolute Gasteiger partial charge is 0.481 e. The normalized spacial score (nSPS) is 16.8. The van der Waals surface area contributed by atoms with Crippen molar-refractivity contribution in [3.63, 3.8) is 0 Å². The van der Waals surface area contributed by atoms with Gasteiger partial charge in [-0.2, -0.15) is 0 Å². The number of aromatic nitrogens is 2. The lowest BCUT2D eigenvalue weighted by atomic mass is 10.0. The first-order valence-corrected chi connectivity index (χ1v) is 27.0. The highest BCUT2D eigenvalue weighted by molar-refractivity contribution is 6.00. The number of aliphatic hydroxyl groups is 2. The van der Waals surface area contributed by atoms with Gasteiger partial charge in [-0.1, -0.05) is 71.9 Å². The van der Waals surface area contributed by atoms with Crippen molar-refractivity contribution in [2.24, 2.45) is 29.2 Å². The fourth-order valence-electron chi connectivity index (χ4n) is 8.88. The molecule has 82 heavy (non-hydrogen) atoms. The van der Waals surface area contributed by atoms with Crippen LogP contribution in [0.25, 0.3) is 0 Å². The smallest absolute Gasteiger partial charge is 0.326 e. The Kier molecular flexibility index (Phi) is 27.5. The van der Waals surface area contributed by atoms with Crippen LogP contribution < -0.4 is 54.0 Å². The molecular formula is C53H81N13O16. The van der Waals surface area contributed by atoms with Crippen LogP contribution in [0.15, 0.2) is 42.9 Å². The van der Waals surface area contributed by atoms with E-state index in [2.05, 4.69) is 52.5 Å². The van der Waals surface area contributed by atoms with Gasteiger partial charge in [-0.15, -0.1) is 0 Å². The zero-order valence-electron chi connectivity index (χ0n) is 47.1. The number of nitrogens with zero attached hydrogens (tertiary/aromatic N) is 2. The predicted molar refractivity (Wildman–Crippen MR) is 291 cm³/mol. The number of carboxylic acids is 2. The van der Waals surface area contributed by atoms with Gasteiger partial charge >= 0.3 is 11.9 Å². The molecule has 1 aliphatic rings. The number of aliphatic hydroxyl groups excluding tert-OH is 2. The second kappa shape index (κ2) is 33.0. The lowest BCUT2D eigenvalue weighted by Crippen LogP contribution is -2.62. The summed E-state index contributed by atoms with van der Waals surface area (Å²) in [5.41, 5.74) is 12.7. The molecule has 29 nitrogen and oxygen atoms in total. The second-order valence-electron chi connectivity index (χ2n) is 21.5. The van der Waals surface area contributed by atoms with Crippen LogP contribution in [0.5, 0.6) is 0 Å². The highest BCUT2D eigenvalue weighted by Crippen LogP contribution is 2.21. The van der Waals surface area contributed by atoms with Crippen LogP contribution in [0, 0.1) is 17.8 Å². The number of carbonyl (C=O) groups is 12. The minimum absolute atomic E-state index is 0.000687. The summed E-state index contributed by atoms with van der Waals surface area (Å²) in [4.78, 5) is 168. The number of carbonyl (C=O) groups excluding carboxylic acids is 10. The second-order valence-corrected chi connectivity index (χ2v) is 21.5. The van der Waals surface area contributed by atoms with E-state index in [0.29, 0.717) is 5.69 Å². The summed E-state index contributed by atoms with van der Waals surface area (Å²) in [7, 11) is 0. The van der Waals surface area contributed by atoms with Gasteiger partial charge in [-0.3, -0.25) is 52.7 Å². The van der Waals surface area contributed by atoms with Crippen molar-refractivity contribution < 1.29 is 78.0 Å². The van der Waals surface area contributed by atoms with Crippen molar-refractivity contribution in [1.82, 2.24) is 57.4 Å². The number of benzene rings is 1. The maximum absolute atomic E-state index is 14.6. The number of hydrogen-bond donors (Lipinski definition) is 15. The molecule has 2 heterocycles. The molecule has 0 saturated carbocycles. The van der Waals surface area contributed by atoms with Crippen LogP contribution in [-0.2, 0) is 70.4 Å². The minimum atomic E-state index is -1.76. The van der Waals surface area contributed by atoms with Gasteiger partial charge in [0.25, 0.3) is 0 Å². The number of rotatable bonds is 34. The zero-order valence-corrected chi connectivity index (χ0v) is 47.1. The van der Waals surface area contributed by atoms with Gasteiger partial charge in [0, 0.05) is 31.3 Å². The third-order valence-corrected chi connectivity index (χ3v) is 13.2. The molecule has 1 aliphatic heterocycles. The Balaban J connectivity index is 1.84. The molecular weight excluding hydrogens is 1070 g/mol. The number of H-pyrrole nitrogens is 1. The molecule has 1 aromatic carbocycles. The molecule has 0 radical (unpaired) electrons. The van der Waals surface area contributed by atoms with Gasteiger partial charge < -0.3 is 84.3 Å². The van der Waals surface area contributed by atoms with Crippen LogP contribution in [-0.4, -0.2) is 186 Å². The fourth-order valence-corrected chi connectivity index (χ4v) is 8.88. The lowest BCUT2D eigenvalue weighted by molar-refractivity contribution is -0.143. The Labute approximate surface area is 474 Å². The number of nitrogens with two attached hydrogens (primary N) is 2. The predicted octanol–water partition coefficient (Wildman–Crippen LogP) is -3.66. The number of aromatic amines is 1. The summed E-state index contributed by atoms with van der Waals surface area (Å²) in [5.74, 6) is -13.6. The van der Waals surface area contributed by atoms with Crippen molar-refractivity contribution in [2.45, 2.75) is 173 Å². The van der Waals surface area contributed by atoms with E-state index in [1.54, 1.807) is 58.0 Å². The van der Waals surface area contributed by atoms with Gasteiger partial charge in [0.2, 0.25) is 59.1 Å². The number of carboxylic acid groups (broad SMARTS) is 2. The molecule has 1 fully saturated rings. The van der Waals surface area contributed by atoms with E-state index in [-0.39, 0.29) is 56.9 Å². The Morgan fingerprint density at radius 1 is 0.659 bits per heavy atom. The quantitative estimate of drug-likeness (QED) is 0.0321. The molecule has 1 aromatic heterocycles. The highest BCUT2D eigenvalue weighted by atomic mass is 16.4. The minimum Gasteiger partial charge on any atom is -0.481 e. The standard InChI is InChI=1S/C53H81N13O16/c1-26(2)18-34(59-44(72)32(54)20-30-12-9-8-10-13-30)46(74)63-38(24-67)48(76)58-33(15-16-41(70)71)45(73)61-36(21-31-23-56-25-57-31)52(80)66-17-11-14-39(66)49(77)60-35(22-40(55)69)47(75)64-42(28(5)6)50(78)65-43(29(7)68)51(79)62-37(53(81)82)19-27(3)4/h8-10,12-13,23,25-29,32-39,42-43,67-68H,11,14-22,24,54H2,1-7H3,(H2,55,69)(H,56,57)(H,58,76)(H,59,72)(H,60,77)(H,61,73)(H,62,79)(H,63,74)(H,64,75)(H,65,78)(H,70,71)(H,81,82)/t29-,32+,33+,34+,35+,36+,37+,38+,39+,42+,43+/m1/s1. The third-order valence-electron chi connectivity index (χ3n) is 13.2. The average Bonchev–Trinajstić information content (AvgIpc) is 4.13.